The van der Waals surface area contributed by atoms with E-state index in [1.807, 2.05) is 6.07 Å². The smallest absolute Gasteiger partial charge is 0.260 e. The molecule has 1 N–H and O–H groups in total. The van der Waals surface area contributed by atoms with Crippen molar-refractivity contribution in [3.63, 3.8) is 0 Å². The second kappa shape index (κ2) is 9.84. The number of carbonyl (C=O) groups is 2. The highest BCUT2D eigenvalue weighted by Gasteiger charge is 2.28. The number of anilines is 1. The Bertz CT molecular complexity index is 1450. The number of hydrogen-bond acceptors (Lipinski definition) is 8. The molecule has 4 aromatic heterocycles. The zero-order valence-corrected chi connectivity index (χ0v) is 21.4. The third kappa shape index (κ3) is 5.58. The van der Waals surface area contributed by atoms with Gasteiger partial charge in [-0.2, -0.15) is 9.78 Å². The van der Waals surface area contributed by atoms with E-state index in [1.165, 1.54) is 38.9 Å². The lowest BCUT2D eigenvalue weighted by molar-refractivity contribution is 0.0752. The van der Waals surface area contributed by atoms with Gasteiger partial charge in [0, 0.05) is 27.9 Å². The molecule has 0 radical (unpaired) electrons. The van der Waals surface area contributed by atoms with Crippen LogP contribution in [0.25, 0.3) is 11.3 Å². The molecule has 12 heteroatoms. The minimum atomic E-state index is -0.770. The van der Waals surface area contributed by atoms with Crippen molar-refractivity contribution in [2.45, 2.75) is 33.9 Å². The van der Waals surface area contributed by atoms with Gasteiger partial charge in [-0.15, -0.1) is 22.7 Å². The molecular formula is C23H21ClFN5O3S2. The van der Waals surface area contributed by atoms with Gasteiger partial charge >= 0.3 is 0 Å². The number of halogens is 2. The minimum absolute atomic E-state index is 0.0706. The Kier molecular flexibility index (Phi) is 7.02. The van der Waals surface area contributed by atoms with Gasteiger partial charge in [-0.25, -0.2) is 9.37 Å². The van der Waals surface area contributed by atoms with Crippen LogP contribution in [-0.4, -0.2) is 31.0 Å². The fraction of sp³-hybridized carbons (Fsp3) is 0.261. The Morgan fingerprint density at radius 3 is 2.63 bits per heavy atom. The maximum Gasteiger partial charge on any atom is 0.260 e. The number of ketones is 1. The van der Waals surface area contributed by atoms with Gasteiger partial charge in [0.15, 0.2) is 0 Å². The molecule has 4 heterocycles. The molecule has 0 saturated heterocycles. The van der Waals surface area contributed by atoms with Crippen molar-refractivity contribution in [1.82, 2.24) is 19.3 Å². The van der Waals surface area contributed by atoms with E-state index in [0.717, 1.165) is 21.7 Å². The Morgan fingerprint density at radius 2 is 2.00 bits per heavy atom. The summed E-state index contributed by atoms with van der Waals surface area (Å²) in [6.07, 6.45) is 0.965. The topological polar surface area (TPSA) is 98.9 Å². The van der Waals surface area contributed by atoms with Gasteiger partial charge < -0.3 is 9.88 Å². The van der Waals surface area contributed by atoms with Crippen molar-refractivity contribution in [1.29, 1.82) is 0 Å². The van der Waals surface area contributed by atoms with Gasteiger partial charge in [0.25, 0.3) is 11.5 Å². The van der Waals surface area contributed by atoms with Crippen molar-refractivity contribution < 1.29 is 14.0 Å². The summed E-state index contributed by atoms with van der Waals surface area (Å²) in [5, 5.41) is 9.06. The highest BCUT2D eigenvalue weighted by atomic mass is 35.5. The zero-order valence-electron chi connectivity index (χ0n) is 19.0. The maximum absolute atomic E-state index is 14.5. The second-order valence-corrected chi connectivity index (χ2v) is 11.3. The fourth-order valence-corrected chi connectivity index (χ4v) is 4.81. The fourth-order valence-electron chi connectivity index (χ4n) is 3.22. The molecule has 0 aliphatic heterocycles. The van der Waals surface area contributed by atoms with Gasteiger partial charge in [-0.3, -0.25) is 14.4 Å². The summed E-state index contributed by atoms with van der Waals surface area (Å²) in [6, 6.07) is 6.19. The Balaban J connectivity index is 1.72. The van der Waals surface area contributed by atoms with Crippen LogP contribution in [0, 0.1) is 11.2 Å². The van der Waals surface area contributed by atoms with Gasteiger partial charge in [-0.05, 0) is 18.2 Å². The Labute approximate surface area is 213 Å². The number of pyridine rings is 1. The zero-order chi connectivity index (χ0) is 25.3. The van der Waals surface area contributed by atoms with Crippen LogP contribution in [0.5, 0.6) is 0 Å². The first-order valence-corrected chi connectivity index (χ1v) is 12.6. The van der Waals surface area contributed by atoms with Gasteiger partial charge in [0.1, 0.15) is 23.0 Å². The summed E-state index contributed by atoms with van der Waals surface area (Å²) in [4.78, 5) is 43.5. The first-order chi connectivity index (χ1) is 16.5. The molecule has 0 atom stereocenters. The number of nitrogens with one attached hydrogen (secondary N) is 1. The molecule has 35 heavy (non-hydrogen) atoms. The first-order valence-electron chi connectivity index (χ1n) is 10.5. The molecule has 0 saturated carbocycles. The molecular weight excluding hydrogens is 513 g/mol. The van der Waals surface area contributed by atoms with E-state index >= 15 is 0 Å². The van der Waals surface area contributed by atoms with E-state index in [0.29, 0.717) is 16.7 Å². The number of thiazole rings is 1. The normalized spacial score (nSPS) is 11.6. The van der Waals surface area contributed by atoms with Crippen molar-refractivity contribution in [3.05, 3.63) is 72.4 Å². The second-order valence-electron chi connectivity index (χ2n) is 8.74. The van der Waals surface area contributed by atoms with Crippen LogP contribution in [0.15, 0.2) is 46.1 Å². The number of thiophene rings is 1. The van der Waals surface area contributed by atoms with E-state index in [-0.39, 0.29) is 29.4 Å². The van der Waals surface area contributed by atoms with E-state index in [2.05, 4.69) is 15.4 Å². The number of aromatic nitrogens is 4. The molecule has 0 aliphatic rings. The van der Waals surface area contributed by atoms with Gasteiger partial charge in [-0.1, -0.05) is 32.4 Å². The molecule has 0 bridgehead atoms. The minimum Gasteiger partial charge on any atom is -0.365 e. The predicted octanol–water partition coefficient (Wildman–Crippen LogP) is 5.20. The van der Waals surface area contributed by atoms with Crippen LogP contribution in [0.4, 0.5) is 10.2 Å². The van der Waals surface area contributed by atoms with Gasteiger partial charge in [0.2, 0.25) is 5.78 Å². The third-order valence-corrected chi connectivity index (χ3v) is 6.79. The van der Waals surface area contributed by atoms with Crippen LogP contribution in [-0.2, 0) is 13.1 Å². The summed E-state index contributed by atoms with van der Waals surface area (Å²) in [6.45, 7) is 5.24. The lowest BCUT2D eigenvalue weighted by atomic mass is 9.96. The molecule has 0 aliphatic carbocycles. The SMILES string of the molecule is CC(C)(C)C(=O)n1nc(-c2cc(F)cn(CC(=O)c3cscn3)c2=O)cc1NCc1ccc(Cl)s1. The molecule has 0 fully saturated rings. The lowest BCUT2D eigenvalue weighted by Crippen LogP contribution is -2.29. The largest absolute Gasteiger partial charge is 0.365 e. The van der Waals surface area contributed by atoms with Gasteiger partial charge in [0.05, 0.1) is 28.5 Å². The average molecular weight is 534 g/mol. The first kappa shape index (κ1) is 25.0. The van der Waals surface area contributed by atoms with Crippen molar-refractivity contribution in [3.8, 4) is 11.3 Å². The van der Waals surface area contributed by atoms with E-state index in [1.54, 1.807) is 32.2 Å². The number of nitrogens with zero attached hydrogens (tertiary/aromatic N) is 4. The standard InChI is InChI=1S/C23H21ClFN5O3S2/c1-23(2,3)22(33)30-20(26-8-14-4-5-19(24)35-14)7-16(28-30)15-6-13(25)9-29(21(15)32)10-18(31)17-11-34-12-27-17/h4-7,9,11-12,26H,8,10H2,1-3H3. The number of carbonyl (C=O) groups excluding carboxylic acids is 2. The van der Waals surface area contributed by atoms with E-state index in [9.17, 15) is 18.8 Å². The molecule has 0 aromatic carbocycles. The average Bonchev–Trinajstić information content (AvgIpc) is 3.54. The number of hydrogen-bond donors (Lipinski definition) is 1. The van der Waals surface area contributed by atoms with Crippen molar-refractivity contribution >= 4 is 51.8 Å². The van der Waals surface area contributed by atoms with E-state index in [4.69, 9.17) is 11.6 Å². The highest BCUT2D eigenvalue weighted by molar-refractivity contribution is 7.16. The molecule has 0 unspecified atom stereocenters. The van der Waals surface area contributed by atoms with Crippen molar-refractivity contribution in [2.75, 3.05) is 5.32 Å². The predicted molar refractivity (Wildman–Crippen MR) is 135 cm³/mol. The Morgan fingerprint density at radius 1 is 1.23 bits per heavy atom. The monoisotopic (exact) mass is 533 g/mol. The molecule has 4 aromatic rings. The molecule has 4 rings (SSSR count). The number of rotatable bonds is 7. The van der Waals surface area contributed by atoms with Crippen LogP contribution in [0.3, 0.4) is 0 Å². The summed E-state index contributed by atoms with van der Waals surface area (Å²) in [7, 11) is 0. The van der Waals surface area contributed by atoms with E-state index < -0.39 is 22.6 Å². The molecule has 0 spiro atoms. The molecule has 8 nitrogen and oxygen atoms in total. The molecule has 0 amide bonds. The van der Waals surface area contributed by atoms with Crippen LogP contribution < -0.4 is 10.9 Å². The van der Waals surface area contributed by atoms with Crippen LogP contribution in [0.2, 0.25) is 4.34 Å². The van der Waals surface area contributed by atoms with Crippen LogP contribution >= 0.6 is 34.3 Å². The number of Topliss-reactive ketones (excluding diaryl/α,β-unsaturated/α-hetero) is 1. The Hall–Kier alpha value is -3.15. The summed E-state index contributed by atoms with van der Waals surface area (Å²) < 4.78 is 17.3. The third-order valence-electron chi connectivity index (χ3n) is 4.98. The van der Waals surface area contributed by atoms with Crippen molar-refractivity contribution in [2.24, 2.45) is 5.41 Å². The molecule has 182 valence electrons. The highest BCUT2D eigenvalue weighted by Crippen LogP contribution is 2.27. The van der Waals surface area contributed by atoms with Crippen LogP contribution in [0.1, 0.15) is 40.9 Å². The quantitative estimate of drug-likeness (QED) is 0.328. The summed E-state index contributed by atoms with van der Waals surface area (Å²) in [5.74, 6) is -1.11. The summed E-state index contributed by atoms with van der Waals surface area (Å²) >= 11 is 8.64. The lowest BCUT2D eigenvalue weighted by Gasteiger charge is -2.18. The summed E-state index contributed by atoms with van der Waals surface area (Å²) in [5.41, 5.74) is 0.360. The maximum atomic E-state index is 14.5.